The average Bonchev–Trinajstić information content (AvgIpc) is 3.17. The number of aryl methyl sites for hydroxylation is 1. The van der Waals surface area contributed by atoms with Crippen molar-refractivity contribution < 1.29 is 4.79 Å². The van der Waals surface area contributed by atoms with Crippen molar-refractivity contribution in [3.8, 4) is 0 Å². The first-order valence-corrected chi connectivity index (χ1v) is 8.21. The van der Waals surface area contributed by atoms with Gasteiger partial charge in [-0.15, -0.1) is 0 Å². The van der Waals surface area contributed by atoms with Crippen LogP contribution in [0.4, 0.5) is 0 Å². The van der Waals surface area contributed by atoms with Crippen molar-refractivity contribution in [3.05, 3.63) is 42.5 Å². The lowest BCUT2D eigenvalue weighted by molar-refractivity contribution is -0.122. The summed E-state index contributed by atoms with van der Waals surface area (Å²) in [7, 11) is 0. The number of carbonyl (C=O) groups excluding carboxylic acids is 1. The van der Waals surface area contributed by atoms with E-state index in [0.29, 0.717) is 12.5 Å². The fourth-order valence-electron chi connectivity index (χ4n) is 2.65. The van der Waals surface area contributed by atoms with E-state index in [1.807, 2.05) is 36.7 Å². The van der Waals surface area contributed by atoms with Gasteiger partial charge in [0, 0.05) is 31.4 Å². The molecule has 3 rings (SSSR count). The standard InChI is InChI=1S/C17H22N6O/c1-13(2)17-19-9-11-22(17)10-5-8-18-16(24)12-23-20-14-6-3-4-7-15(14)21-23/h3-4,6-7,9,11,13H,5,8,10,12H2,1-2H3,(H,18,24). The van der Waals surface area contributed by atoms with Crippen LogP contribution in [0.3, 0.4) is 0 Å². The van der Waals surface area contributed by atoms with Gasteiger partial charge >= 0.3 is 0 Å². The maximum absolute atomic E-state index is 12.0. The van der Waals surface area contributed by atoms with Crippen molar-refractivity contribution in [3.63, 3.8) is 0 Å². The molecule has 0 atom stereocenters. The lowest BCUT2D eigenvalue weighted by Crippen LogP contribution is -2.29. The Balaban J connectivity index is 1.45. The summed E-state index contributed by atoms with van der Waals surface area (Å²) in [5.41, 5.74) is 1.60. The Bertz CT molecular complexity index is 786. The zero-order valence-corrected chi connectivity index (χ0v) is 14.0. The van der Waals surface area contributed by atoms with E-state index in [2.05, 4.69) is 38.9 Å². The number of hydrogen-bond acceptors (Lipinski definition) is 4. The van der Waals surface area contributed by atoms with E-state index in [9.17, 15) is 4.79 Å². The van der Waals surface area contributed by atoms with Gasteiger partial charge in [0.05, 0.1) is 0 Å². The molecule has 0 bridgehead atoms. The molecule has 7 nitrogen and oxygen atoms in total. The second kappa shape index (κ2) is 7.25. The van der Waals surface area contributed by atoms with E-state index in [1.165, 1.54) is 4.80 Å². The topological polar surface area (TPSA) is 77.6 Å². The van der Waals surface area contributed by atoms with Crippen LogP contribution in [0.15, 0.2) is 36.7 Å². The minimum atomic E-state index is -0.0787. The number of imidazole rings is 1. The van der Waals surface area contributed by atoms with Crippen LogP contribution in [0.2, 0.25) is 0 Å². The van der Waals surface area contributed by atoms with Crippen molar-refractivity contribution >= 4 is 16.9 Å². The number of aromatic nitrogens is 5. The second-order valence-corrected chi connectivity index (χ2v) is 6.06. The van der Waals surface area contributed by atoms with E-state index in [1.54, 1.807) is 0 Å². The molecule has 1 amide bonds. The highest BCUT2D eigenvalue weighted by atomic mass is 16.2. The first-order chi connectivity index (χ1) is 11.6. The number of hydrogen-bond donors (Lipinski definition) is 1. The molecule has 0 aliphatic carbocycles. The molecule has 0 aliphatic heterocycles. The smallest absolute Gasteiger partial charge is 0.243 e. The van der Waals surface area contributed by atoms with E-state index in [0.717, 1.165) is 29.8 Å². The third-order valence-electron chi connectivity index (χ3n) is 3.78. The van der Waals surface area contributed by atoms with Gasteiger partial charge < -0.3 is 9.88 Å². The van der Waals surface area contributed by atoms with Crippen molar-refractivity contribution in [2.24, 2.45) is 0 Å². The molecule has 0 unspecified atom stereocenters. The maximum Gasteiger partial charge on any atom is 0.243 e. The molecule has 0 radical (unpaired) electrons. The first-order valence-electron chi connectivity index (χ1n) is 8.21. The number of rotatable bonds is 7. The summed E-state index contributed by atoms with van der Waals surface area (Å²) >= 11 is 0. The number of fused-ring (bicyclic) bond motifs is 1. The molecular weight excluding hydrogens is 304 g/mol. The highest BCUT2D eigenvalue weighted by Crippen LogP contribution is 2.11. The van der Waals surface area contributed by atoms with Gasteiger partial charge in [-0.2, -0.15) is 15.0 Å². The largest absolute Gasteiger partial charge is 0.354 e. The Kier molecular flexibility index (Phi) is 4.88. The SMILES string of the molecule is CC(C)c1nccn1CCCNC(=O)Cn1nc2ccccc2n1. The number of benzene rings is 1. The van der Waals surface area contributed by atoms with Crippen molar-refractivity contribution in [2.75, 3.05) is 6.54 Å². The van der Waals surface area contributed by atoms with Crippen molar-refractivity contribution in [2.45, 2.75) is 39.3 Å². The quantitative estimate of drug-likeness (QED) is 0.673. The molecule has 7 heteroatoms. The summed E-state index contributed by atoms with van der Waals surface area (Å²) in [6, 6.07) is 7.58. The lowest BCUT2D eigenvalue weighted by Gasteiger charge is -2.10. The lowest BCUT2D eigenvalue weighted by atomic mass is 10.2. The molecule has 126 valence electrons. The van der Waals surface area contributed by atoms with Crippen LogP contribution in [0.25, 0.3) is 11.0 Å². The van der Waals surface area contributed by atoms with Crippen molar-refractivity contribution in [1.29, 1.82) is 0 Å². The molecule has 0 spiro atoms. The van der Waals surface area contributed by atoms with Gasteiger partial charge in [0.1, 0.15) is 23.4 Å². The molecular formula is C17H22N6O. The summed E-state index contributed by atoms with van der Waals surface area (Å²) in [5, 5.41) is 11.5. The molecule has 2 heterocycles. The van der Waals surface area contributed by atoms with Gasteiger partial charge in [-0.3, -0.25) is 4.79 Å². The highest BCUT2D eigenvalue weighted by Gasteiger charge is 2.08. The third kappa shape index (κ3) is 3.79. The molecule has 3 aromatic rings. The van der Waals surface area contributed by atoms with Crippen molar-refractivity contribution in [1.82, 2.24) is 29.9 Å². The van der Waals surface area contributed by atoms with Gasteiger partial charge in [-0.25, -0.2) is 4.98 Å². The van der Waals surface area contributed by atoms with Gasteiger partial charge in [-0.05, 0) is 18.6 Å². The van der Waals surface area contributed by atoms with Crippen LogP contribution in [0, 0.1) is 0 Å². The molecule has 1 aromatic carbocycles. The van der Waals surface area contributed by atoms with E-state index in [-0.39, 0.29) is 12.5 Å². The number of nitrogens with one attached hydrogen (secondary N) is 1. The summed E-state index contributed by atoms with van der Waals surface area (Å²) in [5.74, 6) is 1.40. The van der Waals surface area contributed by atoms with Gasteiger partial charge in [-0.1, -0.05) is 26.0 Å². The van der Waals surface area contributed by atoms with Crippen LogP contribution in [-0.4, -0.2) is 37.0 Å². The van der Waals surface area contributed by atoms with E-state index >= 15 is 0 Å². The van der Waals surface area contributed by atoms with Gasteiger partial charge in [0.2, 0.25) is 5.91 Å². The van der Waals surface area contributed by atoms with Crippen LogP contribution < -0.4 is 5.32 Å². The van der Waals surface area contributed by atoms with Gasteiger partial charge in [0.25, 0.3) is 0 Å². The molecule has 0 aliphatic rings. The Hall–Kier alpha value is -2.70. The zero-order chi connectivity index (χ0) is 16.9. The summed E-state index contributed by atoms with van der Waals surface area (Å²) in [6.45, 7) is 5.85. The summed E-state index contributed by atoms with van der Waals surface area (Å²) < 4.78 is 2.14. The maximum atomic E-state index is 12.0. The average molecular weight is 326 g/mol. The normalized spacial score (nSPS) is 11.3. The Morgan fingerprint density at radius 1 is 1.21 bits per heavy atom. The fraction of sp³-hybridized carbons (Fsp3) is 0.412. The first kappa shape index (κ1) is 16.2. The van der Waals surface area contributed by atoms with Crippen LogP contribution >= 0.6 is 0 Å². The molecule has 0 fully saturated rings. The Morgan fingerprint density at radius 2 is 1.92 bits per heavy atom. The Morgan fingerprint density at radius 3 is 2.58 bits per heavy atom. The molecule has 0 saturated carbocycles. The summed E-state index contributed by atoms with van der Waals surface area (Å²) in [6.07, 6.45) is 4.66. The molecule has 2 aromatic heterocycles. The second-order valence-electron chi connectivity index (χ2n) is 6.06. The number of carbonyl (C=O) groups is 1. The predicted molar refractivity (Wildman–Crippen MR) is 91.5 cm³/mol. The third-order valence-corrected chi connectivity index (χ3v) is 3.78. The number of amides is 1. The number of nitrogens with zero attached hydrogens (tertiary/aromatic N) is 5. The summed E-state index contributed by atoms with van der Waals surface area (Å²) in [4.78, 5) is 17.8. The van der Waals surface area contributed by atoms with Crippen LogP contribution in [0.5, 0.6) is 0 Å². The van der Waals surface area contributed by atoms with E-state index < -0.39 is 0 Å². The zero-order valence-electron chi connectivity index (χ0n) is 14.0. The highest BCUT2D eigenvalue weighted by molar-refractivity contribution is 5.76. The van der Waals surface area contributed by atoms with E-state index in [4.69, 9.17) is 0 Å². The minimum absolute atomic E-state index is 0.0787. The minimum Gasteiger partial charge on any atom is -0.354 e. The Labute approximate surface area is 140 Å². The molecule has 0 saturated heterocycles. The van der Waals surface area contributed by atoms with Crippen LogP contribution in [-0.2, 0) is 17.9 Å². The van der Waals surface area contributed by atoms with Gasteiger partial charge in [0.15, 0.2) is 0 Å². The fourth-order valence-corrected chi connectivity index (χ4v) is 2.65. The molecule has 24 heavy (non-hydrogen) atoms. The monoisotopic (exact) mass is 326 g/mol. The molecule has 1 N–H and O–H groups in total. The van der Waals surface area contributed by atoms with Crippen LogP contribution in [0.1, 0.15) is 32.0 Å². The predicted octanol–water partition coefficient (Wildman–Crippen LogP) is 1.96.